The molecule has 114 valence electrons. The Bertz CT molecular complexity index is 554. The largest absolute Gasteiger partial charge is 0.872 e. The van der Waals surface area contributed by atoms with Crippen molar-refractivity contribution in [3.8, 4) is 5.75 Å². The predicted molar refractivity (Wildman–Crippen MR) is 75.4 cm³/mol. The number of methoxy groups -OCH3 is 1. The fraction of sp³-hybridized carbons (Fsp3) is 0.429. The van der Waals surface area contributed by atoms with Gasteiger partial charge in [0.2, 0.25) is 0 Å². The fourth-order valence-electron chi connectivity index (χ4n) is 1.72. The van der Waals surface area contributed by atoms with Crippen LogP contribution in [0, 0.1) is 16.0 Å². The topological polar surface area (TPSA) is 105 Å². The van der Waals surface area contributed by atoms with Gasteiger partial charge in [-0.1, -0.05) is 25.7 Å². The zero-order valence-electron chi connectivity index (χ0n) is 12.1. The van der Waals surface area contributed by atoms with Crippen molar-refractivity contribution in [2.75, 3.05) is 7.11 Å². The van der Waals surface area contributed by atoms with Gasteiger partial charge in [-0.2, -0.15) is 0 Å². The molecule has 0 unspecified atom stereocenters. The highest BCUT2D eigenvalue weighted by Crippen LogP contribution is 2.20. The van der Waals surface area contributed by atoms with E-state index in [4.69, 9.17) is 0 Å². The number of nitro groups is 1. The van der Waals surface area contributed by atoms with Crippen LogP contribution in [0.5, 0.6) is 5.75 Å². The quantitative estimate of drug-likeness (QED) is 0.343. The number of ether oxygens (including phenoxy) is 1. The van der Waals surface area contributed by atoms with Crippen molar-refractivity contribution >= 4 is 17.9 Å². The van der Waals surface area contributed by atoms with Crippen LogP contribution in [0.2, 0.25) is 0 Å². The third kappa shape index (κ3) is 4.87. The lowest BCUT2D eigenvalue weighted by Gasteiger charge is -2.13. The van der Waals surface area contributed by atoms with Crippen LogP contribution in [0.3, 0.4) is 0 Å². The van der Waals surface area contributed by atoms with Crippen molar-refractivity contribution in [2.45, 2.75) is 26.3 Å². The summed E-state index contributed by atoms with van der Waals surface area (Å²) in [5.74, 6) is -0.682. The molecule has 7 heteroatoms. The van der Waals surface area contributed by atoms with Crippen molar-refractivity contribution in [2.24, 2.45) is 10.9 Å². The smallest absolute Gasteiger partial charge is 0.330 e. The van der Waals surface area contributed by atoms with Gasteiger partial charge in [0.25, 0.3) is 5.69 Å². The third-order valence-corrected chi connectivity index (χ3v) is 2.77. The van der Waals surface area contributed by atoms with Gasteiger partial charge >= 0.3 is 5.97 Å². The third-order valence-electron chi connectivity index (χ3n) is 2.77. The predicted octanol–water partition coefficient (Wildman–Crippen LogP) is 1.67. The number of non-ortho nitro benzene ring substituents is 1. The summed E-state index contributed by atoms with van der Waals surface area (Å²) in [7, 11) is 1.26. The summed E-state index contributed by atoms with van der Waals surface area (Å²) in [6, 6.07) is 2.64. The molecule has 7 nitrogen and oxygen atoms in total. The highest BCUT2D eigenvalue weighted by molar-refractivity contribution is 5.87. The Hall–Kier alpha value is -2.44. The Morgan fingerprint density at radius 1 is 1.48 bits per heavy atom. The molecule has 0 aliphatic rings. The first kappa shape index (κ1) is 16.6. The summed E-state index contributed by atoms with van der Waals surface area (Å²) in [4.78, 5) is 25.7. The maximum absolute atomic E-state index is 11.6. The second-order valence-electron chi connectivity index (χ2n) is 4.93. The van der Waals surface area contributed by atoms with E-state index >= 15 is 0 Å². The van der Waals surface area contributed by atoms with Crippen LogP contribution < -0.4 is 5.11 Å². The van der Waals surface area contributed by atoms with Crippen molar-refractivity contribution in [1.29, 1.82) is 0 Å². The van der Waals surface area contributed by atoms with Crippen LogP contribution >= 0.6 is 0 Å². The maximum atomic E-state index is 11.6. The minimum Gasteiger partial charge on any atom is -0.872 e. The molecule has 0 saturated carbocycles. The van der Waals surface area contributed by atoms with Crippen LogP contribution in [0.15, 0.2) is 23.2 Å². The van der Waals surface area contributed by atoms with Gasteiger partial charge in [0, 0.05) is 18.3 Å². The number of rotatable bonds is 6. The standard InChI is InChI=1S/C14H18N2O5/c1-9(2)6-12(14(18)21-3)15-8-10-7-11(16(19)20)4-5-13(10)17/h4-5,7-9,12,17H,6H2,1-3H3/p-1/t12-/m1/s1. The second-order valence-corrected chi connectivity index (χ2v) is 4.93. The molecule has 1 rings (SSSR count). The molecule has 21 heavy (non-hydrogen) atoms. The maximum Gasteiger partial charge on any atom is 0.330 e. The van der Waals surface area contributed by atoms with Crippen molar-refractivity contribution in [1.82, 2.24) is 0 Å². The summed E-state index contributed by atoms with van der Waals surface area (Å²) in [5, 5.41) is 22.3. The van der Waals surface area contributed by atoms with Crippen LogP contribution in [-0.2, 0) is 9.53 Å². The number of nitro benzene ring substituents is 1. The van der Waals surface area contributed by atoms with E-state index < -0.39 is 22.7 Å². The van der Waals surface area contributed by atoms with Crippen molar-refractivity contribution in [3.63, 3.8) is 0 Å². The fourth-order valence-corrected chi connectivity index (χ4v) is 1.72. The lowest BCUT2D eigenvalue weighted by Crippen LogP contribution is -2.22. The molecule has 1 aromatic carbocycles. The SMILES string of the molecule is COC(=O)[C@@H](CC(C)C)N=Cc1cc([N+](=O)[O-])ccc1[O-]. The molecule has 0 aliphatic heterocycles. The summed E-state index contributed by atoms with van der Waals surface area (Å²) in [6.07, 6.45) is 1.66. The lowest BCUT2D eigenvalue weighted by atomic mass is 10.0. The molecule has 0 aromatic heterocycles. The van der Waals surface area contributed by atoms with E-state index in [9.17, 15) is 20.0 Å². The van der Waals surface area contributed by atoms with E-state index in [0.29, 0.717) is 6.42 Å². The lowest BCUT2D eigenvalue weighted by molar-refractivity contribution is -0.385. The molecule has 0 amide bonds. The number of carbonyl (C=O) groups excluding carboxylic acids is 1. The number of carbonyl (C=O) groups is 1. The molecule has 0 saturated heterocycles. The van der Waals surface area contributed by atoms with Crippen LogP contribution in [0.25, 0.3) is 0 Å². The molecule has 0 radical (unpaired) electrons. The van der Waals surface area contributed by atoms with Gasteiger partial charge in [-0.3, -0.25) is 15.1 Å². The van der Waals surface area contributed by atoms with E-state index in [1.54, 1.807) is 0 Å². The number of hydrogen-bond acceptors (Lipinski definition) is 6. The van der Waals surface area contributed by atoms with E-state index in [2.05, 4.69) is 9.73 Å². The molecule has 0 spiro atoms. The van der Waals surface area contributed by atoms with E-state index in [-0.39, 0.29) is 17.2 Å². The monoisotopic (exact) mass is 293 g/mol. The summed E-state index contributed by atoms with van der Waals surface area (Å²) >= 11 is 0. The average Bonchev–Trinajstić information content (AvgIpc) is 2.43. The van der Waals surface area contributed by atoms with Crippen LogP contribution in [0.4, 0.5) is 5.69 Å². The minimum atomic E-state index is -0.728. The Kier molecular flexibility index (Phi) is 5.83. The van der Waals surface area contributed by atoms with Gasteiger partial charge in [0.1, 0.15) is 6.04 Å². The first-order valence-corrected chi connectivity index (χ1v) is 6.41. The number of benzene rings is 1. The number of aliphatic imine (C=N–C) groups is 1. The molecule has 0 aliphatic carbocycles. The summed E-state index contributed by atoms with van der Waals surface area (Å²) in [6.45, 7) is 3.86. The van der Waals surface area contributed by atoms with Gasteiger partial charge in [0.05, 0.1) is 12.0 Å². The molecule has 0 heterocycles. The van der Waals surface area contributed by atoms with Gasteiger partial charge in [-0.05, 0) is 17.9 Å². The first-order valence-electron chi connectivity index (χ1n) is 6.41. The van der Waals surface area contributed by atoms with Gasteiger partial charge in [-0.25, -0.2) is 4.79 Å². The molecular formula is C14H17N2O5-. The second kappa shape index (κ2) is 7.37. The van der Waals surface area contributed by atoms with Crippen molar-refractivity contribution in [3.05, 3.63) is 33.9 Å². The number of hydrogen-bond donors (Lipinski definition) is 0. The van der Waals surface area contributed by atoms with Gasteiger partial charge < -0.3 is 9.84 Å². The van der Waals surface area contributed by atoms with Gasteiger partial charge in [0.15, 0.2) is 0 Å². The zero-order chi connectivity index (χ0) is 16.0. The molecule has 0 fully saturated rings. The number of nitrogens with zero attached hydrogens (tertiary/aromatic N) is 2. The molecule has 1 atom stereocenters. The highest BCUT2D eigenvalue weighted by atomic mass is 16.6. The average molecular weight is 293 g/mol. The first-order chi connectivity index (χ1) is 9.85. The van der Waals surface area contributed by atoms with E-state index in [1.807, 2.05) is 13.8 Å². The molecule has 0 bridgehead atoms. The Balaban J connectivity index is 3.02. The van der Waals surface area contributed by atoms with E-state index in [0.717, 1.165) is 18.2 Å². The minimum absolute atomic E-state index is 0.0712. The van der Waals surface area contributed by atoms with Gasteiger partial charge in [-0.15, -0.1) is 0 Å². The van der Waals surface area contributed by atoms with Crippen LogP contribution in [-0.4, -0.2) is 30.3 Å². The molecule has 0 N–H and O–H groups in total. The number of esters is 1. The molecule has 1 aromatic rings. The Morgan fingerprint density at radius 3 is 2.67 bits per heavy atom. The van der Waals surface area contributed by atoms with Crippen molar-refractivity contribution < 1.29 is 19.6 Å². The van der Waals surface area contributed by atoms with Crippen LogP contribution in [0.1, 0.15) is 25.8 Å². The summed E-state index contributed by atoms with van der Waals surface area (Å²) in [5.41, 5.74) is -0.128. The van der Waals surface area contributed by atoms with E-state index in [1.165, 1.54) is 13.3 Å². The molecular weight excluding hydrogens is 276 g/mol. The Labute approximate surface area is 122 Å². The summed E-state index contributed by atoms with van der Waals surface area (Å²) < 4.78 is 4.65. The highest BCUT2D eigenvalue weighted by Gasteiger charge is 2.18. The normalized spacial score (nSPS) is 12.6. The Morgan fingerprint density at radius 2 is 2.14 bits per heavy atom. The zero-order valence-corrected chi connectivity index (χ0v) is 12.1.